The van der Waals surface area contributed by atoms with E-state index in [0.29, 0.717) is 24.5 Å². The Balaban J connectivity index is 0.00000180. The highest BCUT2D eigenvalue weighted by atomic mass is 127. The Morgan fingerprint density at radius 1 is 1.47 bits per heavy atom. The number of hydrogen-bond acceptors (Lipinski definition) is 1. The minimum atomic E-state index is -0.202. The number of halogens is 2. The normalized spacial score (nSPS) is 21.5. The van der Waals surface area contributed by atoms with Crippen molar-refractivity contribution in [3.63, 3.8) is 0 Å². The smallest absolute Gasteiger partial charge is 0.189 e. The van der Waals surface area contributed by atoms with Crippen LogP contribution in [-0.2, 0) is 0 Å². The number of rotatable bonds is 4. The summed E-state index contributed by atoms with van der Waals surface area (Å²) < 4.78 is 12.8. The van der Waals surface area contributed by atoms with Crippen molar-refractivity contribution in [1.29, 1.82) is 0 Å². The van der Waals surface area contributed by atoms with Gasteiger partial charge in [-0.2, -0.15) is 0 Å². The second-order valence-electron chi connectivity index (χ2n) is 4.80. The molecule has 0 saturated heterocycles. The van der Waals surface area contributed by atoms with Crippen molar-refractivity contribution in [2.75, 3.05) is 6.54 Å². The van der Waals surface area contributed by atoms with Crippen molar-refractivity contribution in [2.24, 2.45) is 10.7 Å². The summed E-state index contributed by atoms with van der Waals surface area (Å²) >= 11 is 0. The fourth-order valence-electron chi connectivity index (χ4n) is 1.89. The Morgan fingerprint density at radius 3 is 2.68 bits per heavy atom. The van der Waals surface area contributed by atoms with Gasteiger partial charge in [-0.1, -0.05) is 24.3 Å². The Morgan fingerprint density at radius 2 is 2.11 bits per heavy atom. The van der Waals surface area contributed by atoms with E-state index in [2.05, 4.69) is 16.9 Å². The number of nitrogens with two attached hydrogens (primary N) is 1. The van der Waals surface area contributed by atoms with Gasteiger partial charge in [-0.3, -0.25) is 0 Å². The first kappa shape index (κ1) is 15.9. The molecular weight excluding hydrogens is 356 g/mol. The molecule has 2 rings (SSSR count). The van der Waals surface area contributed by atoms with Gasteiger partial charge in [-0.15, -0.1) is 24.0 Å². The van der Waals surface area contributed by atoms with E-state index in [0.717, 1.165) is 17.6 Å². The molecule has 1 aliphatic carbocycles. The van der Waals surface area contributed by atoms with Crippen LogP contribution in [0.2, 0.25) is 0 Å². The molecule has 1 aliphatic rings. The summed E-state index contributed by atoms with van der Waals surface area (Å²) in [7, 11) is 0. The van der Waals surface area contributed by atoms with Crippen LogP contribution in [0, 0.1) is 5.82 Å². The van der Waals surface area contributed by atoms with E-state index < -0.39 is 0 Å². The molecule has 0 bridgehead atoms. The van der Waals surface area contributed by atoms with E-state index in [9.17, 15) is 4.39 Å². The van der Waals surface area contributed by atoms with E-state index in [1.54, 1.807) is 0 Å². The molecule has 0 aromatic heterocycles. The molecule has 1 saturated carbocycles. The Labute approximate surface area is 130 Å². The van der Waals surface area contributed by atoms with Gasteiger partial charge < -0.3 is 11.1 Å². The highest BCUT2D eigenvalue weighted by Crippen LogP contribution is 2.40. The standard InChI is InChI=1S/C14H18FN3.HI/c1-9(2)8-17-14(16)18-13-7-12(13)10-3-5-11(15)6-4-10;/h3-6,12-13H,1,7-8H2,2H3,(H3,16,17,18);1H/t12-,13+;/m0./s1. The van der Waals surface area contributed by atoms with Crippen LogP contribution in [0.5, 0.6) is 0 Å². The minimum Gasteiger partial charge on any atom is -0.370 e. The summed E-state index contributed by atoms with van der Waals surface area (Å²) in [5, 5.41) is 3.17. The fourth-order valence-corrected chi connectivity index (χ4v) is 1.89. The van der Waals surface area contributed by atoms with E-state index in [-0.39, 0.29) is 29.8 Å². The molecule has 1 fully saturated rings. The maximum Gasteiger partial charge on any atom is 0.189 e. The van der Waals surface area contributed by atoms with E-state index in [1.807, 2.05) is 19.1 Å². The number of nitrogens with one attached hydrogen (secondary N) is 1. The van der Waals surface area contributed by atoms with Gasteiger partial charge in [-0.25, -0.2) is 9.38 Å². The van der Waals surface area contributed by atoms with Gasteiger partial charge in [0.15, 0.2) is 5.96 Å². The monoisotopic (exact) mass is 375 g/mol. The summed E-state index contributed by atoms with van der Waals surface area (Å²) in [5.41, 5.74) is 7.88. The van der Waals surface area contributed by atoms with Crippen molar-refractivity contribution in [3.8, 4) is 0 Å². The number of guanidine groups is 1. The van der Waals surface area contributed by atoms with Crippen LogP contribution in [0.25, 0.3) is 0 Å². The van der Waals surface area contributed by atoms with Crippen LogP contribution in [0.4, 0.5) is 4.39 Å². The van der Waals surface area contributed by atoms with Gasteiger partial charge in [0.25, 0.3) is 0 Å². The average molecular weight is 375 g/mol. The zero-order valence-electron chi connectivity index (χ0n) is 10.9. The lowest BCUT2D eigenvalue weighted by Gasteiger charge is -2.05. The topological polar surface area (TPSA) is 50.4 Å². The maximum atomic E-state index is 12.8. The summed E-state index contributed by atoms with van der Waals surface area (Å²) in [6.45, 7) is 6.23. The van der Waals surface area contributed by atoms with Crippen molar-refractivity contribution in [3.05, 3.63) is 47.8 Å². The van der Waals surface area contributed by atoms with Gasteiger partial charge in [0, 0.05) is 12.0 Å². The number of aliphatic imine (C=N–C) groups is 1. The van der Waals surface area contributed by atoms with Gasteiger partial charge in [0.2, 0.25) is 0 Å². The molecule has 0 aliphatic heterocycles. The molecule has 5 heteroatoms. The second-order valence-corrected chi connectivity index (χ2v) is 4.80. The van der Waals surface area contributed by atoms with Crippen molar-refractivity contribution in [2.45, 2.75) is 25.3 Å². The van der Waals surface area contributed by atoms with Crippen LogP contribution < -0.4 is 11.1 Å². The molecule has 0 heterocycles. The lowest BCUT2D eigenvalue weighted by molar-refractivity contribution is 0.627. The molecule has 0 radical (unpaired) electrons. The number of benzene rings is 1. The SMILES string of the molecule is C=C(C)CN=C(N)N[C@@H]1C[C@H]1c1ccc(F)cc1.I. The first-order valence-corrected chi connectivity index (χ1v) is 6.02. The van der Waals surface area contributed by atoms with Gasteiger partial charge in [0.05, 0.1) is 6.54 Å². The van der Waals surface area contributed by atoms with Crippen LogP contribution in [0.1, 0.15) is 24.8 Å². The molecular formula is C14H19FIN3. The van der Waals surface area contributed by atoms with Gasteiger partial charge >= 0.3 is 0 Å². The van der Waals surface area contributed by atoms with E-state index in [1.165, 1.54) is 12.1 Å². The van der Waals surface area contributed by atoms with Crippen LogP contribution >= 0.6 is 24.0 Å². The summed E-state index contributed by atoms with van der Waals surface area (Å²) in [6, 6.07) is 6.93. The van der Waals surface area contributed by atoms with Crippen molar-refractivity contribution < 1.29 is 4.39 Å². The van der Waals surface area contributed by atoms with Crippen LogP contribution in [0.15, 0.2) is 41.4 Å². The van der Waals surface area contributed by atoms with Crippen LogP contribution in [0.3, 0.4) is 0 Å². The lowest BCUT2D eigenvalue weighted by atomic mass is 10.1. The zero-order valence-corrected chi connectivity index (χ0v) is 13.2. The highest BCUT2D eigenvalue weighted by Gasteiger charge is 2.38. The molecule has 1 aromatic rings. The molecule has 2 atom stereocenters. The molecule has 0 spiro atoms. The third-order valence-corrected chi connectivity index (χ3v) is 2.94. The maximum absolute atomic E-state index is 12.8. The van der Waals surface area contributed by atoms with Gasteiger partial charge in [0.1, 0.15) is 5.82 Å². The summed E-state index contributed by atoms with van der Waals surface area (Å²) in [5.74, 6) is 0.656. The predicted octanol–water partition coefficient (Wildman–Crippen LogP) is 2.78. The van der Waals surface area contributed by atoms with Crippen molar-refractivity contribution in [1.82, 2.24) is 5.32 Å². The predicted molar refractivity (Wildman–Crippen MR) is 87.4 cm³/mol. The van der Waals surface area contributed by atoms with Gasteiger partial charge in [-0.05, 0) is 31.0 Å². The van der Waals surface area contributed by atoms with Crippen molar-refractivity contribution >= 4 is 29.9 Å². The Kier molecular flexibility index (Phi) is 5.78. The zero-order chi connectivity index (χ0) is 13.1. The fraction of sp³-hybridized carbons (Fsp3) is 0.357. The minimum absolute atomic E-state index is 0. The van der Waals surface area contributed by atoms with E-state index >= 15 is 0 Å². The third-order valence-electron chi connectivity index (χ3n) is 2.94. The second kappa shape index (κ2) is 6.88. The lowest BCUT2D eigenvalue weighted by Crippen LogP contribution is -2.34. The quantitative estimate of drug-likeness (QED) is 0.368. The molecule has 1 aromatic carbocycles. The summed E-state index contributed by atoms with van der Waals surface area (Å²) in [6.07, 6.45) is 1.01. The Bertz CT molecular complexity index is 470. The molecule has 19 heavy (non-hydrogen) atoms. The number of hydrogen-bond donors (Lipinski definition) is 2. The molecule has 104 valence electrons. The molecule has 0 amide bonds. The first-order valence-electron chi connectivity index (χ1n) is 6.02. The third kappa shape index (κ3) is 4.81. The molecule has 0 unspecified atom stereocenters. The largest absolute Gasteiger partial charge is 0.370 e. The average Bonchev–Trinajstić information content (AvgIpc) is 3.07. The molecule has 3 nitrogen and oxygen atoms in total. The highest BCUT2D eigenvalue weighted by molar-refractivity contribution is 14.0. The number of nitrogens with zero attached hydrogens (tertiary/aromatic N) is 1. The first-order chi connectivity index (χ1) is 8.56. The molecule has 3 N–H and O–H groups in total. The van der Waals surface area contributed by atoms with Crippen LogP contribution in [-0.4, -0.2) is 18.5 Å². The summed E-state index contributed by atoms with van der Waals surface area (Å²) in [4.78, 5) is 4.17. The van der Waals surface area contributed by atoms with E-state index in [4.69, 9.17) is 5.73 Å². The Hall–Kier alpha value is -1.11.